The molecule has 0 atom stereocenters. The minimum absolute atomic E-state index is 0.0732. The number of ether oxygens (including phenoxy) is 2. The Kier molecular flexibility index (Phi) is 7.07. The second kappa shape index (κ2) is 9.52. The number of urea groups is 1. The number of amides is 2. The smallest absolute Gasteiger partial charge is 0.317 e. The summed E-state index contributed by atoms with van der Waals surface area (Å²) < 4.78 is 11.3. The molecule has 0 bridgehead atoms. The van der Waals surface area contributed by atoms with Gasteiger partial charge >= 0.3 is 6.03 Å². The fraction of sp³-hybridized carbons (Fsp3) is 0.368. The topological polar surface area (TPSA) is 63.7 Å². The number of nitrogens with zero attached hydrogens (tertiary/aromatic N) is 2. The van der Waals surface area contributed by atoms with Gasteiger partial charge in [0, 0.05) is 31.9 Å². The summed E-state index contributed by atoms with van der Waals surface area (Å²) in [6, 6.07) is 11.1. The van der Waals surface area contributed by atoms with E-state index in [-0.39, 0.29) is 6.03 Å². The summed E-state index contributed by atoms with van der Waals surface area (Å²) in [5.41, 5.74) is 0.908. The molecular formula is C19H25N3O3. The number of para-hydroxylation sites is 2. The molecule has 0 aliphatic rings. The highest BCUT2D eigenvalue weighted by atomic mass is 16.5. The predicted octanol–water partition coefficient (Wildman–Crippen LogP) is 3.82. The summed E-state index contributed by atoms with van der Waals surface area (Å²) in [5, 5.41) is 2.88. The van der Waals surface area contributed by atoms with E-state index in [1.807, 2.05) is 51.1 Å². The minimum atomic E-state index is -0.0732. The van der Waals surface area contributed by atoms with Gasteiger partial charge in [0.05, 0.1) is 6.61 Å². The number of nitrogens with one attached hydrogen (secondary N) is 1. The quantitative estimate of drug-likeness (QED) is 0.791. The number of aromatic nitrogens is 1. The van der Waals surface area contributed by atoms with Crippen molar-refractivity contribution in [3.05, 3.63) is 48.2 Å². The van der Waals surface area contributed by atoms with Crippen LogP contribution in [-0.4, -0.2) is 35.6 Å². The van der Waals surface area contributed by atoms with Crippen molar-refractivity contribution in [1.82, 2.24) is 15.2 Å². The maximum atomic E-state index is 11.9. The highest BCUT2D eigenvalue weighted by molar-refractivity contribution is 5.74. The van der Waals surface area contributed by atoms with Crippen molar-refractivity contribution in [2.45, 2.75) is 27.3 Å². The van der Waals surface area contributed by atoms with Crippen LogP contribution in [0.3, 0.4) is 0 Å². The summed E-state index contributed by atoms with van der Waals surface area (Å²) in [5.74, 6) is 1.78. The first-order chi connectivity index (χ1) is 12.2. The van der Waals surface area contributed by atoms with Gasteiger partial charge in [-0.25, -0.2) is 9.78 Å². The molecule has 2 amide bonds. The van der Waals surface area contributed by atoms with Crippen LogP contribution in [0.25, 0.3) is 0 Å². The first-order valence-corrected chi connectivity index (χ1v) is 8.55. The fourth-order valence-corrected chi connectivity index (χ4v) is 2.30. The molecule has 2 rings (SSSR count). The third-order valence-electron chi connectivity index (χ3n) is 3.66. The molecular weight excluding hydrogens is 318 g/mol. The molecule has 0 spiro atoms. The van der Waals surface area contributed by atoms with Crippen molar-refractivity contribution in [3.63, 3.8) is 0 Å². The first-order valence-electron chi connectivity index (χ1n) is 8.55. The monoisotopic (exact) mass is 343 g/mol. The summed E-state index contributed by atoms with van der Waals surface area (Å²) in [7, 11) is 0. The average molecular weight is 343 g/mol. The molecule has 0 aliphatic carbocycles. The number of pyridine rings is 1. The molecule has 2 aromatic rings. The lowest BCUT2D eigenvalue weighted by atomic mass is 10.3. The van der Waals surface area contributed by atoms with Gasteiger partial charge in [0.2, 0.25) is 5.88 Å². The van der Waals surface area contributed by atoms with Crippen molar-refractivity contribution in [2.75, 3.05) is 19.7 Å². The Labute approximate surface area is 148 Å². The summed E-state index contributed by atoms with van der Waals surface area (Å²) in [6.07, 6.45) is 1.70. The molecule has 0 saturated heterocycles. The molecule has 1 N–H and O–H groups in total. The van der Waals surface area contributed by atoms with E-state index >= 15 is 0 Å². The number of hydrogen-bond acceptors (Lipinski definition) is 4. The van der Waals surface area contributed by atoms with Gasteiger partial charge in [0.25, 0.3) is 0 Å². The molecule has 0 saturated carbocycles. The molecule has 134 valence electrons. The van der Waals surface area contributed by atoms with Crippen molar-refractivity contribution in [1.29, 1.82) is 0 Å². The Morgan fingerprint density at radius 3 is 2.40 bits per heavy atom. The van der Waals surface area contributed by atoms with Crippen molar-refractivity contribution in [2.24, 2.45) is 0 Å². The van der Waals surface area contributed by atoms with E-state index in [9.17, 15) is 4.79 Å². The van der Waals surface area contributed by atoms with Crippen molar-refractivity contribution in [3.8, 4) is 17.4 Å². The molecule has 0 aliphatic heterocycles. The standard InChI is InChI=1S/C19H25N3O3/c1-4-22(5-2)19(23)21-14-15-11-12-18(20-13-15)25-17-10-8-7-9-16(17)24-6-3/h7-13H,4-6,14H2,1-3H3,(H,21,23). The van der Waals surface area contributed by atoms with Crippen LogP contribution in [0.5, 0.6) is 17.4 Å². The lowest BCUT2D eigenvalue weighted by Gasteiger charge is -2.19. The summed E-state index contributed by atoms with van der Waals surface area (Å²) in [6.45, 7) is 8.21. The van der Waals surface area contributed by atoms with Crippen LogP contribution in [-0.2, 0) is 6.54 Å². The van der Waals surface area contributed by atoms with Crippen LogP contribution < -0.4 is 14.8 Å². The maximum absolute atomic E-state index is 11.9. The van der Waals surface area contributed by atoms with Gasteiger partial charge < -0.3 is 19.7 Å². The highest BCUT2D eigenvalue weighted by Gasteiger charge is 2.09. The van der Waals surface area contributed by atoms with E-state index in [2.05, 4.69) is 10.3 Å². The molecule has 0 fully saturated rings. The molecule has 1 heterocycles. The Morgan fingerprint density at radius 2 is 1.80 bits per heavy atom. The Bertz CT molecular complexity index is 670. The fourth-order valence-electron chi connectivity index (χ4n) is 2.30. The maximum Gasteiger partial charge on any atom is 0.317 e. The predicted molar refractivity (Wildman–Crippen MR) is 97.1 cm³/mol. The van der Waals surface area contributed by atoms with Gasteiger partial charge in [-0.3, -0.25) is 0 Å². The SMILES string of the molecule is CCOc1ccccc1Oc1ccc(CNC(=O)N(CC)CC)cn1. The number of carbonyl (C=O) groups excluding carboxylic acids is 1. The molecule has 25 heavy (non-hydrogen) atoms. The van der Waals surface area contributed by atoms with Gasteiger partial charge in [0.1, 0.15) is 0 Å². The van der Waals surface area contributed by atoms with Gasteiger partial charge in [-0.1, -0.05) is 18.2 Å². The van der Waals surface area contributed by atoms with Crippen LogP contribution in [0.1, 0.15) is 26.3 Å². The molecule has 6 heteroatoms. The van der Waals surface area contributed by atoms with Gasteiger partial charge in [0.15, 0.2) is 11.5 Å². The number of benzene rings is 1. The largest absolute Gasteiger partial charge is 0.490 e. The van der Waals surface area contributed by atoms with Crippen molar-refractivity contribution < 1.29 is 14.3 Å². The van der Waals surface area contributed by atoms with E-state index in [0.717, 1.165) is 5.56 Å². The van der Waals surface area contributed by atoms with E-state index in [0.29, 0.717) is 43.6 Å². The van der Waals surface area contributed by atoms with Gasteiger partial charge in [-0.2, -0.15) is 0 Å². The third-order valence-corrected chi connectivity index (χ3v) is 3.66. The Morgan fingerprint density at radius 1 is 1.08 bits per heavy atom. The van der Waals surface area contributed by atoms with Crippen LogP contribution >= 0.6 is 0 Å². The highest BCUT2D eigenvalue weighted by Crippen LogP contribution is 2.30. The first kappa shape index (κ1) is 18.6. The Hall–Kier alpha value is -2.76. The summed E-state index contributed by atoms with van der Waals surface area (Å²) in [4.78, 5) is 18.0. The number of carbonyl (C=O) groups is 1. The molecule has 1 aromatic carbocycles. The Balaban J connectivity index is 1.95. The zero-order valence-electron chi connectivity index (χ0n) is 15.0. The van der Waals surface area contributed by atoms with Gasteiger partial charge in [-0.05, 0) is 38.5 Å². The van der Waals surface area contributed by atoms with E-state index in [1.165, 1.54) is 0 Å². The third kappa shape index (κ3) is 5.38. The lowest BCUT2D eigenvalue weighted by Crippen LogP contribution is -2.39. The molecule has 0 radical (unpaired) electrons. The van der Waals surface area contributed by atoms with E-state index in [1.54, 1.807) is 17.2 Å². The molecule has 6 nitrogen and oxygen atoms in total. The van der Waals surface area contributed by atoms with Crippen molar-refractivity contribution >= 4 is 6.03 Å². The van der Waals surface area contributed by atoms with Crippen LogP contribution in [0.4, 0.5) is 4.79 Å². The number of rotatable bonds is 8. The minimum Gasteiger partial charge on any atom is -0.490 e. The second-order valence-corrected chi connectivity index (χ2v) is 5.32. The average Bonchev–Trinajstić information content (AvgIpc) is 2.64. The normalized spacial score (nSPS) is 10.2. The summed E-state index contributed by atoms with van der Waals surface area (Å²) >= 11 is 0. The van der Waals surface area contributed by atoms with E-state index in [4.69, 9.17) is 9.47 Å². The van der Waals surface area contributed by atoms with Crippen LogP contribution in [0.2, 0.25) is 0 Å². The zero-order valence-corrected chi connectivity index (χ0v) is 15.0. The van der Waals surface area contributed by atoms with Crippen LogP contribution in [0.15, 0.2) is 42.6 Å². The molecule has 1 aromatic heterocycles. The van der Waals surface area contributed by atoms with Crippen LogP contribution in [0, 0.1) is 0 Å². The number of hydrogen-bond donors (Lipinski definition) is 1. The van der Waals surface area contributed by atoms with E-state index < -0.39 is 0 Å². The second-order valence-electron chi connectivity index (χ2n) is 5.32. The zero-order chi connectivity index (χ0) is 18.1. The lowest BCUT2D eigenvalue weighted by molar-refractivity contribution is 0.203. The molecule has 0 unspecified atom stereocenters. The van der Waals surface area contributed by atoms with Gasteiger partial charge in [-0.15, -0.1) is 0 Å².